The summed E-state index contributed by atoms with van der Waals surface area (Å²) in [5, 5.41) is 6.67. The fourth-order valence-electron chi connectivity index (χ4n) is 2.83. The summed E-state index contributed by atoms with van der Waals surface area (Å²) in [6, 6.07) is 4.88. The molecular weight excluding hydrogens is 243 g/mol. The molecule has 19 heavy (non-hydrogen) atoms. The number of hydrogen-bond acceptors (Lipinski definition) is 3. The van der Waals surface area contributed by atoms with Gasteiger partial charge in [0.05, 0.1) is 7.11 Å². The Balaban J connectivity index is 2.13. The average Bonchev–Trinajstić information content (AvgIpc) is 2.46. The third-order valence-electron chi connectivity index (χ3n) is 3.94. The van der Waals surface area contributed by atoms with E-state index in [0.29, 0.717) is 5.92 Å². The van der Waals surface area contributed by atoms with Gasteiger partial charge in [-0.15, -0.1) is 0 Å². The Hall–Kier alpha value is -1.13. The second-order valence-corrected chi connectivity index (χ2v) is 5.16. The number of methoxy groups -OCH3 is 1. The van der Waals surface area contributed by atoms with Crippen LogP contribution in [0.5, 0.6) is 5.75 Å². The van der Waals surface area contributed by atoms with Crippen LogP contribution in [0, 0.1) is 11.7 Å². The molecule has 0 saturated carbocycles. The van der Waals surface area contributed by atoms with Crippen LogP contribution in [0.15, 0.2) is 18.2 Å². The molecule has 0 amide bonds. The molecule has 1 aromatic rings. The topological polar surface area (TPSA) is 33.3 Å². The van der Waals surface area contributed by atoms with E-state index in [1.807, 2.05) is 7.05 Å². The van der Waals surface area contributed by atoms with Crippen LogP contribution in [0.2, 0.25) is 0 Å². The lowest BCUT2D eigenvalue weighted by atomic mass is 9.88. The smallest absolute Gasteiger partial charge is 0.123 e. The van der Waals surface area contributed by atoms with Gasteiger partial charge in [0.2, 0.25) is 0 Å². The van der Waals surface area contributed by atoms with Crippen molar-refractivity contribution in [2.45, 2.75) is 25.3 Å². The SMILES string of the molecule is CNC(CC1CCNCC1)c1cc(F)ccc1OC. The minimum absolute atomic E-state index is 0.147. The lowest BCUT2D eigenvalue weighted by Crippen LogP contribution is -2.30. The van der Waals surface area contributed by atoms with Crippen LogP contribution in [-0.2, 0) is 0 Å². The van der Waals surface area contributed by atoms with Crippen molar-refractivity contribution in [2.24, 2.45) is 5.92 Å². The second kappa shape index (κ2) is 6.87. The first-order chi connectivity index (χ1) is 9.24. The zero-order valence-electron chi connectivity index (χ0n) is 11.7. The highest BCUT2D eigenvalue weighted by atomic mass is 19.1. The van der Waals surface area contributed by atoms with Crippen molar-refractivity contribution in [2.75, 3.05) is 27.2 Å². The lowest BCUT2D eigenvalue weighted by Gasteiger charge is -2.28. The minimum atomic E-state index is -0.207. The summed E-state index contributed by atoms with van der Waals surface area (Å²) < 4.78 is 18.8. The van der Waals surface area contributed by atoms with Crippen molar-refractivity contribution in [3.8, 4) is 5.75 Å². The van der Waals surface area contributed by atoms with E-state index in [0.717, 1.165) is 30.8 Å². The largest absolute Gasteiger partial charge is 0.496 e. The quantitative estimate of drug-likeness (QED) is 0.859. The van der Waals surface area contributed by atoms with E-state index in [2.05, 4.69) is 10.6 Å². The molecule has 1 aliphatic heterocycles. The highest BCUT2D eigenvalue weighted by molar-refractivity contribution is 5.36. The predicted octanol–water partition coefficient (Wildman–Crippen LogP) is 2.48. The molecule has 1 aliphatic rings. The molecule has 1 unspecified atom stereocenters. The summed E-state index contributed by atoms with van der Waals surface area (Å²) in [6.07, 6.45) is 3.41. The normalized spacial score (nSPS) is 18.3. The molecule has 0 aromatic heterocycles. The molecule has 0 aliphatic carbocycles. The highest BCUT2D eigenvalue weighted by Crippen LogP contribution is 2.32. The summed E-state index contributed by atoms with van der Waals surface area (Å²) in [4.78, 5) is 0. The molecular formula is C15H23FN2O. The van der Waals surface area contributed by atoms with Gasteiger partial charge in [0.1, 0.15) is 11.6 Å². The monoisotopic (exact) mass is 266 g/mol. The molecule has 3 nitrogen and oxygen atoms in total. The van der Waals surface area contributed by atoms with Crippen LogP contribution in [0.4, 0.5) is 4.39 Å². The molecule has 1 fully saturated rings. The fourth-order valence-corrected chi connectivity index (χ4v) is 2.83. The van der Waals surface area contributed by atoms with E-state index in [1.54, 1.807) is 19.2 Å². The standard InChI is InChI=1S/C15H23FN2O/c1-17-14(9-11-5-7-18-8-6-11)13-10-12(16)3-4-15(13)19-2/h3-4,10-11,14,17-18H,5-9H2,1-2H3. The molecule has 0 spiro atoms. The van der Waals surface area contributed by atoms with E-state index in [-0.39, 0.29) is 11.9 Å². The number of hydrogen-bond donors (Lipinski definition) is 2. The van der Waals surface area contributed by atoms with Crippen LogP contribution in [0.25, 0.3) is 0 Å². The first-order valence-electron chi connectivity index (χ1n) is 6.96. The van der Waals surface area contributed by atoms with Crippen molar-refractivity contribution >= 4 is 0 Å². The van der Waals surface area contributed by atoms with Gasteiger partial charge < -0.3 is 15.4 Å². The molecule has 1 saturated heterocycles. The van der Waals surface area contributed by atoms with Crippen molar-refractivity contribution in [1.29, 1.82) is 0 Å². The van der Waals surface area contributed by atoms with Crippen LogP contribution in [0.1, 0.15) is 30.9 Å². The van der Waals surface area contributed by atoms with Gasteiger partial charge in [0.25, 0.3) is 0 Å². The van der Waals surface area contributed by atoms with Crippen LogP contribution >= 0.6 is 0 Å². The second-order valence-electron chi connectivity index (χ2n) is 5.16. The number of nitrogens with one attached hydrogen (secondary N) is 2. The zero-order chi connectivity index (χ0) is 13.7. The van der Waals surface area contributed by atoms with Gasteiger partial charge in [-0.2, -0.15) is 0 Å². The predicted molar refractivity (Wildman–Crippen MR) is 75.0 cm³/mol. The number of ether oxygens (including phenoxy) is 1. The van der Waals surface area contributed by atoms with Gasteiger partial charge in [-0.1, -0.05) is 0 Å². The van der Waals surface area contributed by atoms with Crippen LogP contribution in [0.3, 0.4) is 0 Å². The molecule has 0 bridgehead atoms. The fraction of sp³-hybridized carbons (Fsp3) is 0.600. The molecule has 1 aromatic carbocycles. The number of rotatable bonds is 5. The zero-order valence-corrected chi connectivity index (χ0v) is 11.7. The Labute approximate surface area is 114 Å². The van der Waals surface area contributed by atoms with E-state index in [1.165, 1.54) is 18.9 Å². The Morgan fingerprint density at radius 1 is 1.42 bits per heavy atom. The summed E-state index contributed by atoms with van der Waals surface area (Å²) in [5.74, 6) is 1.24. The Morgan fingerprint density at radius 2 is 2.16 bits per heavy atom. The molecule has 4 heteroatoms. The van der Waals surface area contributed by atoms with Crippen molar-refractivity contribution < 1.29 is 9.13 Å². The van der Waals surface area contributed by atoms with Gasteiger partial charge in [0.15, 0.2) is 0 Å². The molecule has 1 heterocycles. The van der Waals surface area contributed by atoms with Gasteiger partial charge in [0, 0.05) is 11.6 Å². The van der Waals surface area contributed by atoms with Gasteiger partial charge in [-0.3, -0.25) is 0 Å². The van der Waals surface area contributed by atoms with Gasteiger partial charge in [-0.25, -0.2) is 4.39 Å². The Kier molecular flexibility index (Phi) is 5.16. The molecule has 0 radical (unpaired) electrons. The van der Waals surface area contributed by atoms with Crippen LogP contribution in [-0.4, -0.2) is 27.2 Å². The molecule has 106 valence electrons. The molecule has 2 N–H and O–H groups in total. The maximum absolute atomic E-state index is 13.5. The van der Waals surface area contributed by atoms with Crippen molar-refractivity contribution in [3.63, 3.8) is 0 Å². The van der Waals surface area contributed by atoms with Crippen LogP contribution < -0.4 is 15.4 Å². The highest BCUT2D eigenvalue weighted by Gasteiger charge is 2.21. The van der Waals surface area contributed by atoms with Crippen molar-refractivity contribution in [1.82, 2.24) is 10.6 Å². The maximum atomic E-state index is 13.5. The molecule has 2 rings (SSSR count). The number of benzene rings is 1. The van der Waals surface area contributed by atoms with Crippen molar-refractivity contribution in [3.05, 3.63) is 29.6 Å². The third kappa shape index (κ3) is 3.67. The van der Waals surface area contributed by atoms with E-state index >= 15 is 0 Å². The third-order valence-corrected chi connectivity index (χ3v) is 3.94. The van der Waals surface area contributed by atoms with E-state index < -0.39 is 0 Å². The van der Waals surface area contributed by atoms with Gasteiger partial charge >= 0.3 is 0 Å². The number of halogens is 1. The van der Waals surface area contributed by atoms with Gasteiger partial charge in [-0.05, 0) is 63.5 Å². The maximum Gasteiger partial charge on any atom is 0.123 e. The summed E-state index contributed by atoms with van der Waals surface area (Å²) in [5.41, 5.74) is 0.920. The van der Waals surface area contributed by atoms with E-state index in [4.69, 9.17) is 4.74 Å². The Bertz CT molecular complexity index is 405. The summed E-state index contributed by atoms with van der Waals surface area (Å²) >= 11 is 0. The number of piperidine rings is 1. The Morgan fingerprint density at radius 3 is 2.79 bits per heavy atom. The first kappa shape index (κ1) is 14.3. The summed E-state index contributed by atoms with van der Waals surface area (Å²) in [7, 11) is 3.56. The summed E-state index contributed by atoms with van der Waals surface area (Å²) in [6.45, 7) is 2.17. The first-order valence-corrected chi connectivity index (χ1v) is 6.96. The minimum Gasteiger partial charge on any atom is -0.496 e. The van der Waals surface area contributed by atoms with E-state index in [9.17, 15) is 4.39 Å². The lowest BCUT2D eigenvalue weighted by molar-refractivity contribution is 0.312. The molecule has 1 atom stereocenters. The average molecular weight is 266 g/mol.